The van der Waals surface area contributed by atoms with Crippen LogP contribution in [0, 0.1) is 5.82 Å². The summed E-state index contributed by atoms with van der Waals surface area (Å²) >= 11 is 1.38. The SMILES string of the molecule is CC(=O)c1ccc(-c2nccc3[nH]c(-c4[nH]nc5c(F)cc(-c6cncc(NC(C)C)c6)cc45)nc23)s1. The molecule has 0 aliphatic heterocycles. The summed E-state index contributed by atoms with van der Waals surface area (Å²) in [4.78, 5) is 30.2. The van der Waals surface area contributed by atoms with E-state index < -0.39 is 5.82 Å². The molecule has 10 heteroatoms. The molecule has 0 fully saturated rings. The van der Waals surface area contributed by atoms with Gasteiger partial charge in [-0.05, 0) is 62.7 Å². The summed E-state index contributed by atoms with van der Waals surface area (Å²) in [6.07, 6.45) is 5.15. The number of nitrogens with zero attached hydrogens (tertiary/aromatic N) is 4. The van der Waals surface area contributed by atoms with Crippen LogP contribution in [0.15, 0.2) is 55.0 Å². The predicted molar refractivity (Wildman–Crippen MR) is 144 cm³/mol. The molecule has 5 aromatic heterocycles. The average molecular weight is 512 g/mol. The van der Waals surface area contributed by atoms with E-state index in [-0.39, 0.29) is 17.3 Å². The number of aromatic nitrogens is 6. The van der Waals surface area contributed by atoms with Crippen molar-refractivity contribution in [3.63, 3.8) is 0 Å². The molecule has 184 valence electrons. The molecule has 0 spiro atoms. The monoisotopic (exact) mass is 511 g/mol. The molecule has 3 N–H and O–H groups in total. The largest absolute Gasteiger partial charge is 0.382 e. The number of nitrogens with one attached hydrogen (secondary N) is 3. The number of imidazole rings is 1. The Labute approximate surface area is 215 Å². The molecule has 0 aliphatic rings. The van der Waals surface area contributed by atoms with Gasteiger partial charge in [0.2, 0.25) is 0 Å². The van der Waals surface area contributed by atoms with Crippen LogP contribution in [0.1, 0.15) is 30.4 Å². The van der Waals surface area contributed by atoms with Crippen molar-refractivity contribution >= 4 is 44.7 Å². The molecule has 8 nitrogen and oxygen atoms in total. The van der Waals surface area contributed by atoms with Gasteiger partial charge in [-0.3, -0.25) is 19.9 Å². The van der Waals surface area contributed by atoms with E-state index in [9.17, 15) is 4.79 Å². The molecule has 0 atom stereocenters. The number of halogens is 1. The Morgan fingerprint density at radius 2 is 1.95 bits per heavy atom. The Bertz CT molecular complexity index is 1800. The van der Waals surface area contributed by atoms with E-state index >= 15 is 4.39 Å². The fourth-order valence-electron chi connectivity index (χ4n) is 4.32. The number of carbonyl (C=O) groups is 1. The molecular formula is C27H22FN7OS. The van der Waals surface area contributed by atoms with Gasteiger partial charge in [0.05, 0.1) is 21.0 Å². The fourth-order valence-corrected chi connectivity index (χ4v) is 5.22. The second-order valence-electron chi connectivity index (χ2n) is 9.08. The molecule has 6 aromatic rings. The van der Waals surface area contributed by atoms with Gasteiger partial charge < -0.3 is 10.3 Å². The first-order valence-corrected chi connectivity index (χ1v) is 12.5. The molecule has 0 saturated carbocycles. The number of pyridine rings is 2. The molecule has 5 heterocycles. The molecule has 0 saturated heterocycles. The van der Waals surface area contributed by atoms with E-state index in [0.29, 0.717) is 38.6 Å². The Morgan fingerprint density at radius 1 is 1.08 bits per heavy atom. The van der Waals surface area contributed by atoms with E-state index in [4.69, 9.17) is 4.98 Å². The lowest BCUT2D eigenvalue weighted by atomic mass is 10.0. The number of hydrogen-bond donors (Lipinski definition) is 3. The zero-order chi connectivity index (χ0) is 25.7. The third kappa shape index (κ3) is 4.15. The summed E-state index contributed by atoms with van der Waals surface area (Å²) in [5, 5.41) is 11.1. The number of H-pyrrole nitrogens is 2. The normalized spacial score (nSPS) is 11.6. The number of ketones is 1. The second-order valence-corrected chi connectivity index (χ2v) is 10.2. The number of rotatable bonds is 6. The van der Waals surface area contributed by atoms with Crippen molar-refractivity contribution in [1.29, 1.82) is 0 Å². The Balaban J connectivity index is 1.46. The molecule has 0 amide bonds. The highest BCUT2D eigenvalue weighted by Crippen LogP contribution is 2.35. The summed E-state index contributed by atoms with van der Waals surface area (Å²) in [5.41, 5.74) is 5.23. The molecule has 0 bridgehead atoms. The number of aromatic amines is 2. The Kier molecular flexibility index (Phi) is 5.53. The zero-order valence-electron chi connectivity index (χ0n) is 20.3. The Morgan fingerprint density at radius 3 is 2.73 bits per heavy atom. The van der Waals surface area contributed by atoms with Gasteiger partial charge >= 0.3 is 0 Å². The molecule has 0 unspecified atom stereocenters. The van der Waals surface area contributed by atoms with Crippen LogP contribution in [-0.4, -0.2) is 42.0 Å². The molecular weight excluding hydrogens is 489 g/mol. The van der Waals surface area contributed by atoms with Gasteiger partial charge in [0, 0.05) is 35.6 Å². The minimum Gasteiger partial charge on any atom is -0.382 e. The number of anilines is 1. The quantitative estimate of drug-likeness (QED) is 0.221. The maximum absolute atomic E-state index is 15.1. The van der Waals surface area contributed by atoms with Gasteiger partial charge in [-0.1, -0.05) is 0 Å². The van der Waals surface area contributed by atoms with Crippen LogP contribution in [0.5, 0.6) is 0 Å². The third-order valence-electron chi connectivity index (χ3n) is 5.96. The lowest BCUT2D eigenvalue weighted by Crippen LogP contribution is -2.09. The lowest BCUT2D eigenvalue weighted by molar-refractivity contribution is 0.102. The minimum absolute atomic E-state index is 0.00799. The van der Waals surface area contributed by atoms with Crippen molar-refractivity contribution in [2.24, 2.45) is 0 Å². The standard InChI is InChI=1S/C27H22FN7OS/c1-13(2)31-17-8-16(11-29-12-17)15-9-18-23(19(28)10-15)34-35-24(18)27-32-20-6-7-30-26(25(20)33-27)22-5-4-21(37-22)14(3)36/h4-13,31H,1-3H3,(H,32,33)(H,34,35). The summed E-state index contributed by atoms with van der Waals surface area (Å²) in [6, 6.07) is 11.0. The first-order chi connectivity index (χ1) is 17.9. The van der Waals surface area contributed by atoms with Gasteiger partial charge in [-0.2, -0.15) is 5.10 Å². The lowest BCUT2D eigenvalue weighted by Gasteiger charge is -2.11. The Hall–Kier alpha value is -4.44. The average Bonchev–Trinajstić information content (AvgIpc) is 3.61. The molecule has 6 rings (SSSR count). The van der Waals surface area contributed by atoms with E-state index in [1.807, 2.05) is 38.1 Å². The van der Waals surface area contributed by atoms with Crippen LogP contribution in [0.25, 0.3) is 55.2 Å². The first kappa shape index (κ1) is 23.0. The van der Waals surface area contributed by atoms with Crippen LogP contribution in [0.3, 0.4) is 0 Å². The van der Waals surface area contributed by atoms with Gasteiger partial charge in [-0.25, -0.2) is 9.37 Å². The molecule has 1 aromatic carbocycles. The van der Waals surface area contributed by atoms with Gasteiger partial charge in [0.25, 0.3) is 0 Å². The molecule has 0 aliphatic carbocycles. The van der Waals surface area contributed by atoms with Crippen molar-refractivity contribution in [3.05, 3.63) is 65.7 Å². The maximum Gasteiger partial charge on any atom is 0.169 e. The summed E-state index contributed by atoms with van der Waals surface area (Å²) in [7, 11) is 0. The minimum atomic E-state index is -0.439. The van der Waals surface area contributed by atoms with Crippen LogP contribution in [-0.2, 0) is 0 Å². The van der Waals surface area contributed by atoms with Gasteiger partial charge in [-0.15, -0.1) is 11.3 Å². The number of hydrogen-bond acceptors (Lipinski definition) is 7. The van der Waals surface area contributed by atoms with Crippen molar-refractivity contribution in [1.82, 2.24) is 30.1 Å². The molecule has 0 radical (unpaired) electrons. The third-order valence-corrected chi connectivity index (χ3v) is 7.16. The van der Waals surface area contributed by atoms with Crippen LogP contribution < -0.4 is 5.32 Å². The van der Waals surface area contributed by atoms with E-state index in [0.717, 1.165) is 21.6 Å². The van der Waals surface area contributed by atoms with E-state index in [1.165, 1.54) is 17.4 Å². The van der Waals surface area contributed by atoms with Crippen molar-refractivity contribution in [3.8, 4) is 33.2 Å². The highest BCUT2D eigenvalue weighted by molar-refractivity contribution is 7.17. The summed E-state index contributed by atoms with van der Waals surface area (Å²) in [5.74, 6) is 0.0830. The fraction of sp³-hybridized carbons (Fsp3) is 0.148. The smallest absolute Gasteiger partial charge is 0.169 e. The van der Waals surface area contributed by atoms with E-state index in [1.54, 1.807) is 31.6 Å². The van der Waals surface area contributed by atoms with Crippen LogP contribution >= 0.6 is 11.3 Å². The van der Waals surface area contributed by atoms with Gasteiger partial charge in [0.15, 0.2) is 17.4 Å². The summed E-state index contributed by atoms with van der Waals surface area (Å²) in [6.45, 7) is 5.64. The number of Topliss-reactive ketones (excluding diaryl/α,β-unsaturated/α-hetero) is 1. The van der Waals surface area contributed by atoms with Crippen LogP contribution in [0.2, 0.25) is 0 Å². The maximum atomic E-state index is 15.1. The second kappa shape index (κ2) is 8.90. The first-order valence-electron chi connectivity index (χ1n) is 11.7. The number of carbonyl (C=O) groups excluding carboxylic acids is 1. The molecule has 37 heavy (non-hydrogen) atoms. The highest BCUT2D eigenvalue weighted by atomic mass is 32.1. The number of thiophene rings is 1. The van der Waals surface area contributed by atoms with Crippen molar-refractivity contribution in [2.75, 3.05) is 5.32 Å². The topological polar surface area (TPSA) is 112 Å². The number of fused-ring (bicyclic) bond motifs is 2. The van der Waals surface area contributed by atoms with Crippen molar-refractivity contribution < 1.29 is 9.18 Å². The van der Waals surface area contributed by atoms with Crippen LogP contribution in [0.4, 0.5) is 10.1 Å². The predicted octanol–water partition coefficient (Wildman–Crippen LogP) is 6.45. The zero-order valence-corrected chi connectivity index (χ0v) is 21.1. The van der Waals surface area contributed by atoms with E-state index in [2.05, 4.69) is 30.5 Å². The number of benzene rings is 1. The summed E-state index contributed by atoms with van der Waals surface area (Å²) < 4.78 is 15.1. The highest BCUT2D eigenvalue weighted by Gasteiger charge is 2.19. The van der Waals surface area contributed by atoms with Crippen molar-refractivity contribution in [2.45, 2.75) is 26.8 Å². The van der Waals surface area contributed by atoms with Gasteiger partial charge in [0.1, 0.15) is 22.4 Å².